The molecule has 0 heterocycles. The standard InChI is InChI=1S/C25H39N3O7S/c1-7-16(3)28(23(32)19(15-36)27-24(33)35-25(4,5)6)21(17-10-9-11-18(29)14-17)22(31)26-13-12-20(30)34-8-2/h9-11,14,16,19,21,29,36H,7-8,12-13,15H2,1-6H3,(H,26,31)(H,27,33). The normalized spacial score (nSPS) is 13.6. The number of thiol groups is 1. The number of phenols is 1. The van der Waals surface area contributed by atoms with Gasteiger partial charge in [0.25, 0.3) is 0 Å². The number of alkyl carbamates (subject to hydrolysis) is 1. The Hall–Kier alpha value is -2.95. The number of ether oxygens (including phenoxy) is 2. The van der Waals surface area contributed by atoms with E-state index in [1.807, 2.05) is 6.92 Å². The first kappa shape index (κ1) is 31.1. The third kappa shape index (κ3) is 9.96. The highest BCUT2D eigenvalue weighted by atomic mass is 32.1. The minimum absolute atomic E-state index is 0.00166. The molecular formula is C25H39N3O7S. The molecule has 0 saturated carbocycles. The van der Waals surface area contributed by atoms with Gasteiger partial charge in [0.15, 0.2) is 0 Å². The van der Waals surface area contributed by atoms with Crippen LogP contribution in [0.3, 0.4) is 0 Å². The topological polar surface area (TPSA) is 134 Å². The number of carbonyl (C=O) groups is 4. The smallest absolute Gasteiger partial charge is 0.408 e. The molecule has 11 heteroatoms. The summed E-state index contributed by atoms with van der Waals surface area (Å²) in [5.74, 6) is -1.67. The van der Waals surface area contributed by atoms with E-state index in [0.717, 1.165) is 0 Å². The quantitative estimate of drug-likeness (QED) is 0.243. The number of hydrogen-bond acceptors (Lipinski definition) is 8. The van der Waals surface area contributed by atoms with Gasteiger partial charge in [-0.1, -0.05) is 19.1 Å². The molecule has 3 N–H and O–H groups in total. The Morgan fingerprint density at radius 3 is 2.36 bits per heavy atom. The van der Waals surface area contributed by atoms with Crippen molar-refractivity contribution < 1.29 is 33.8 Å². The van der Waals surface area contributed by atoms with Crippen LogP contribution in [0.2, 0.25) is 0 Å². The summed E-state index contributed by atoms with van der Waals surface area (Å²) in [7, 11) is 0. The molecule has 10 nitrogen and oxygen atoms in total. The lowest BCUT2D eigenvalue weighted by Gasteiger charge is -2.38. The maximum absolute atomic E-state index is 13.7. The predicted octanol–water partition coefficient (Wildman–Crippen LogP) is 2.95. The number of aromatic hydroxyl groups is 1. The van der Waals surface area contributed by atoms with Gasteiger partial charge in [-0.25, -0.2) is 4.79 Å². The van der Waals surface area contributed by atoms with Crippen molar-refractivity contribution >= 4 is 36.5 Å². The average Bonchev–Trinajstić information content (AvgIpc) is 2.78. The fourth-order valence-electron chi connectivity index (χ4n) is 3.36. The number of benzene rings is 1. The van der Waals surface area contributed by atoms with Crippen LogP contribution in [0.4, 0.5) is 4.79 Å². The molecule has 3 unspecified atom stereocenters. The molecule has 36 heavy (non-hydrogen) atoms. The van der Waals surface area contributed by atoms with Crippen molar-refractivity contribution in [2.24, 2.45) is 0 Å². The molecule has 0 bridgehead atoms. The summed E-state index contributed by atoms with van der Waals surface area (Å²) < 4.78 is 10.2. The largest absolute Gasteiger partial charge is 0.508 e. The Balaban J connectivity index is 3.33. The van der Waals surface area contributed by atoms with Gasteiger partial charge in [0.2, 0.25) is 11.8 Å². The van der Waals surface area contributed by atoms with E-state index in [1.165, 1.54) is 17.0 Å². The molecule has 0 fully saturated rings. The van der Waals surface area contributed by atoms with E-state index in [0.29, 0.717) is 12.0 Å². The first-order chi connectivity index (χ1) is 16.8. The Morgan fingerprint density at radius 1 is 1.17 bits per heavy atom. The molecule has 1 aromatic rings. The van der Waals surface area contributed by atoms with E-state index < -0.39 is 47.6 Å². The summed E-state index contributed by atoms with van der Waals surface area (Å²) in [6.45, 7) is 10.7. The molecule has 0 aliphatic heterocycles. The number of amides is 3. The van der Waals surface area contributed by atoms with Gasteiger partial charge in [0.1, 0.15) is 23.4 Å². The molecule has 0 aliphatic rings. The summed E-state index contributed by atoms with van der Waals surface area (Å²) in [5, 5.41) is 15.3. The molecule has 3 atom stereocenters. The van der Waals surface area contributed by atoms with Gasteiger partial charge in [-0.15, -0.1) is 0 Å². The number of carbonyl (C=O) groups excluding carboxylic acids is 4. The summed E-state index contributed by atoms with van der Waals surface area (Å²) in [6.07, 6.45) is -0.321. The van der Waals surface area contributed by atoms with Crippen LogP contribution in [0.25, 0.3) is 0 Å². The third-order valence-corrected chi connectivity index (χ3v) is 5.50. The maximum atomic E-state index is 13.7. The van der Waals surface area contributed by atoms with Crippen LogP contribution < -0.4 is 10.6 Å². The van der Waals surface area contributed by atoms with E-state index in [4.69, 9.17) is 9.47 Å². The number of phenolic OH excluding ortho intramolecular Hbond substituents is 1. The Kier molecular flexibility index (Phi) is 12.6. The minimum atomic E-state index is -1.15. The second-order valence-corrected chi connectivity index (χ2v) is 9.59. The average molecular weight is 526 g/mol. The summed E-state index contributed by atoms with van der Waals surface area (Å²) in [6, 6.07) is 3.38. The van der Waals surface area contributed by atoms with Crippen molar-refractivity contribution in [1.82, 2.24) is 15.5 Å². The first-order valence-electron chi connectivity index (χ1n) is 12.0. The van der Waals surface area contributed by atoms with E-state index in [9.17, 15) is 24.3 Å². The maximum Gasteiger partial charge on any atom is 0.408 e. The molecule has 202 valence electrons. The predicted molar refractivity (Wildman–Crippen MR) is 139 cm³/mol. The second kappa shape index (κ2) is 14.6. The van der Waals surface area contributed by atoms with E-state index in [1.54, 1.807) is 46.8 Å². The minimum Gasteiger partial charge on any atom is -0.508 e. The van der Waals surface area contributed by atoms with Gasteiger partial charge in [-0.3, -0.25) is 14.4 Å². The molecule has 3 amide bonds. The fraction of sp³-hybridized carbons (Fsp3) is 0.600. The van der Waals surface area contributed by atoms with Crippen LogP contribution in [0.1, 0.15) is 66.0 Å². The van der Waals surface area contributed by atoms with Crippen LogP contribution in [0, 0.1) is 0 Å². The number of rotatable bonds is 12. The molecular weight excluding hydrogens is 486 g/mol. The lowest BCUT2D eigenvalue weighted by Crippen LogP contribution is -2.56. The number of nitrogens with zero attached hydrogens (tertiary/aromatic N) is 1. The van der Waals surface area contributed by atoms with Crippen molar-refractivity contribution in [2.45, 2.75) is 78.1 Å². The fourth-order valence-corrected chi connectivity index (χ4v) is 3.61. The lowest BCUT2D eigenvalue weighted by atomic mass is 10.00. The number of nitrogens with one attached hydrogen (secondary N) is 2. The van der Waals surface area contributed by atoms with Gasteiger partial charge in [0, 0.05) is 18.3 Å². The van der Waals surface area contributed by atoms with Crippen LogP contribution >= 0.6 is 12.6 Å². The van der Waals surface area contributed by atoms with Crippen LogP contribution in [0.5, 0.6) is 5.75 Å². The van der Waals surface area contributed by atoms with Crippen molar-refractivity contribution in [3.8, 4) is 5.75 Å². The van der Waals surface area contributed by atoms with Crippen molar-refractivity contribution in [2.75, 3.05) is 18.9 Å². The zero-order chi connectivity index (χ0) is 27.5. The summed E-state index contributed by atoms with van der Waals surface area (Å²) >= 11 is 4.25. The molecule has 0 aliphatic carbocycles. The van der Waals surface area contributed by atoms with Gasteiger partial charge in [-0.2, -0.15) is 12.6 Å². The summed E-state index contributed by atoms with van der Waals surface area (Å²) in [5.41, 5.74) is -0.402. The highest BCUT2D eigenvalue weighted by molar-refractivity contribution is 7.80. The van der Waals surface area contributed by atoms with Gasteiger partial charge in [0.05, 0.1) is 13.0 Å². The Labute approximate surface area is 218 Å². The van der Waals surface area contributed by atoms with Crippen molar-refractivity contribution in [3.63, 3.8) is 0 Å². The second-order valence-electron chi connectivity index (χ2n) is 9.23. The molecule has 1 rings (SSSR count). The first-order valence-corrected chi connectivity index (χ1v) is 12.6. The molecule has 1 aromatic carbocycles. The van der Waals surface area contributed by atoms with E-state index in [2.05, 4.69) is 23.3 Å². The molecule has 0 aromatic heterocycles. The lowest BCUT2D eigenvalue weighted by molar-refractivity contribution is -0.145. The van der Waals surface area contributed by atoms with Gasteiger partial charge >= 0.3 is 12.1 Å². The van der Waals surface area contributed by atoms with Crippen LogP contribution in [0.15, 0.2) is 24.3 Å². The number of esters is 1. The van der Waals surface area contributed by atoms with Crippen LogP contribution in [-0.4, -0.2) is 70.5 Å². The number of hydrogen-bond donors (Lipinski definition) is 4. The van der Waals surface area contributed by atoms with Crippen LogP contribution in [-0.2, 0) is 23.9 Å². The summed E-state index contributed by atoms with van der Waals surface area (Å²) in [4.78, 5) is 52.6. The van der Waals surface area contributed by atoms with E-state index in [-0.39, 0.29) is 31.1 Å². The van der Waals surface area contributed by atoms with Crippen molar-refractivity contribution in [1.29, 1.82) is 0 Å². The molecule has 0 saturated heterocycles. The van der Waals surface area contributed by atoms with Crippen molar-refractivity contribution in [3.05, 3.63) is 29.8 Å². The zero-order valence-corrected chi connectivity index (χ0v) is 22.8. The zero-order valence-electron chi connectivity index (χ0n) is 21.9. The Bertz CT molecular complexity index is 904. The monoisotopic (exact) mass is 525 g/mol. The van der Waals surface area contributed by atoms with Gasteiger partial charge < -0.3 is 30.1 Å². The molecule has 0 spiro atoms. The SMILES string of the molecule is CCOC(=O)CCNC(=O)C(c1cccc(O)c1)N(C(=O)C(CS)NC(=O)OC(C)(C)C)C(C)CC. The third-order valence-electron chi connectivity index (χ3n) is 5.14. The highest BCUT2D eigenvalue weighted by Crippen LogP contribution is 2.28. The highest BCUT2D eigenvalue weighted by Gasteiger charge is 2.38. The van der Waals surface area contributed by atoms with Gasteiger partial charge in [-0.05, 0) is 58.7 Å². The van der Waals surface area contributed by atoms with E-state index >= 15 is 0 Å². The Morgan fingerprint density at radius 2 is 1.83 bits per heavy atom. The molecule has 0 radical (unpaired) electrons.